The fraction of sp³-hybridized carbons (Fsp3) is 0.0909. The first kappa shape index (κ1) is 13.2. The van der Waals surface area contributed by atoms with E-state index in [0.29, 0.717) is 0 Å². The monoisotopic (exact) mass is 256 g/mol. The minimum Gasteiger partial charge on any atom is -0.355 e. The normalized spacial score (nSPS) is 9.59. The highest BCUT2D eigenvalue weighted by Crippen LogP contribution is 2.20. The first-order valence-electron chi connectivity index (χ1n) is 4.63. The highest BCUT2D eigenvalue weighted by Gasteiger charge is 2.11. The van der Waals surface area contributed by atoms with E-state index in [4.69, 9.17) is 11.6 Å². The molecular weight excluding hydrogens is 247 g/mol. The summed E-state index contributed by atoms with van der Waals surface area (Å²) < 4.78 is 12.5. The number of carbonyl (C=O) groups excluding carboxylic acids is 2. The van der Waals surface area contributed by atoms with Gasteiger partial charge in [-0.2, -0.15) is 0 Å². The topological polar surface area (TPSA) is 58.2 Å². The summed E-state index contributed by atoms with van der Waals surface area (Å²) in [5.41, 5.74) is 0.452. The van der Waals surface area contributed by atoms with Crippen LogP contribution in [0.25, 0.3) is 0 Å². The number of nitrogens with one attached hydrogen (secondary N) is 2. The van der Waals surface area contributed by atoms with Crippen molar-refractivity contribution in [1.82, 2.24) is 5.32 Å². The van der Waals surface area contributed by atoms with Crippen LogP contribution in [0.2, 0.25) is 5.02 Å². The van der Waals surface area contributed by atoms with Crippen molar-refractivity contribution in [2.24, 2.45) is 0 Å². The summed E-state index contributed by atoms with van der Waals surface area (Å²) in [5, 5.41) is 4.87. The molecule has 0 aliphatic rings. The molecular formula is C11H10ClFN2O2. The SMILES string of the molecule is C=C(F)C(=O)Nc1ccc(Cl)c(C(=O)NC)c1. The molecule has 1 aromatic rings. The Kier molecular flexibility index (Phi) is 4.23. The van der Waals surface area contributed by atoms with Crippen LogP contribution in [0.4, 0.5) is 10.1 Å². The Hall–Kier alpha value is -1.88. The van der Waals surface area contributed by atoms with E-state index < -0.39 is 17.6 Å². The van der Waals surface area contributed by atoms with Crippen LogP contribution in [0.3, 0.4) is 0 Å². The largest absolute Gasteiger partial charge is 0.355 e. The van der Waals surface area contributed by atoms with E-state index in [-0.39, 0.29) is 16.3 Å². The van der Waals surface area contributed by atoms with Crippen molar-refractivity contribution >= 4 is 29.1 Å². The van der Waals surface area contributed by atoms with E-state index in [1.807, 2.05) is 0 Å². The molecule has 17 heavy (non-hydrogen) atoms. The van der Waals surface area contributed by atoms with Crippen LogP contribution in [0.15, 0.2) is 30.6 Å². The molecule has 2 N–H and O–H groups in total. The molecule has 0 heterocycles. The maximum Gasteiger partial charge on any atom is 0.283 e. The Morgan fingerprint density at radius 2 is 2.06 bits per heavy atom. The zero-order valence-electron chi connectivity index (χ0n) is 9.01. The number of carbonyl (C=O) groups is 2. The highest BCUT2D eigenvalue weighted by atomic mass is 35.5. The lowest BCUT2D eigenvalue weighted by molar-refractivity contribution is -0.114. The number of halogens is 2. The molecule has 2 amide bonds. The molecule has 0 saturated carbocycles. The fourth-order valence-electron chi connectivity index (χ4n) is 1.11. The lowest BCUT2D eigenvalue weighted by Crippen LogP contribution is -2.19. The lowest BCUT2D eigenvalue weighted by atomic mass is 10.2. The molecule has 0 unspecified atom stereocenters. The highest BCUT2D eigenvalue weighted by molar-refractivity contribution is 6.34. The molecule has 6 heteroatoms. The Bertz CT molecular complexity index is 488. The smallest absolute Gasteiger partial charge is 0.283 e. The number of anilines is 1. The van der Waals surface area contributed by atoms with Crippen LogP contribution in [-0.2, 0) is 4.79 Å². The summed E-state index contributed by atoms with van der Waals surface area (Å²) in [6, 6.07) is 4.24. The van der Waals surface area contributed by atoms with Gasteiger partial charge in [-0.05, 0) is 18.2 Å². The number of benzene rings is 1. The third kappa shape index (κ3) is 3.29. The Morgan fingerprint density at radius 1 is 1.41 bits per heavy atom. The zero-order chi connectivity index (χ0) is 13.0. The van der Waals surface area contributed by atoms with Crippen LogP contribution < -0.4 is 10.6 Å². The van der Waals surface area contributed by atoms with E-state index >= 15 is 0 Å². The minimum absolute atomic E-state index is 0.191. The molecule has 0 aromatic heterocycles. The molecule has 0 aliphatic heterocycles. The van der Waals surface area contributed by atoms with Crippen LogP contribution in [0, 0.1) is 0 Å². The first-order chi connectivity index (χ1) is 7.95. The summed E-state index contributed by atoms with van der Waals surface area (Å²) in [5.74, 6) is -2.47. The average molecular weight is 257 g/mol. The van der Waals surface area contributed by atoms with Gasteiger partial charge >= 0.3 is 0 Å². The van der Waals surface area contributed by atoms with Crippen LogP contribution in [0.1, 0.15) is 10.4 Å². The van der Waals surface area contributed by atoms with E-state index in [0.717, 1.165) is 0 Å². The van der Waals surface area contributed by atoms with Crippen molar-refractivity contribution in [3.8, 4) is 0 Å². The predicted molar refractivity (Wildman–Crippen MR) is 63.7 cm³/mol. The summed E-state index contributed by atoms with van der Waals surface area (Å²) >= 11 is 5.80. The van der Waals surface area contributed by atoms with Crippen molar-refractivity contribution < 1.29 is 14.0 Å². The maximum atomic E-state index is 12.5. The molecule has 0 radical (unpaired) electrons. The van der Waals surface area contributed by atoms with Gasteiger partial charge < -0.3 is 10.6 Å². The van der Waals surface area contributed by atoms with Gasteiger partial charge in [-0.3, -0.25) is 9.59 Å². The Balaban J connectivity index is 3.00. The van der Waals surface area contributed by atoms with Gasteiger partial charge in [0.05, 0.1) is 10.6 Å². The predicted octanol–water partition coefficient (Wildman–Crippen LogP) is 2.12. The number of hydrogen-bond donors (Lipinski definition) is 2. The summed E-state index contributed by atoms with van der Waals surface area (Å²) in [4.78, 5) is 22.4. The van der Waals surface area contributed by atoms with Gasteiger partial charge in [0.15, 0.2) is 5.83 Å². The molecule has 0 saturated heterocycles. The van der Waals surface area contributed by atoms with Crippen molar-refractivity contribution in [2.45, 2.75) is 0 Å². The van der Waals surface area contributed by atoms with Gasteiger partial charge in [-0.15, -0.1) is 0 Å². The molecule has 0 aliphatic carbocycles. The molecule has 0 fully saturated rings. The molecule has 0 bridgehead atoms. The van der Waals surface area contributed by atoms with Gasteiger partial charge in [0.2, 0.25) is 0 Å². The molecule has 1 aromatic carbocycles. The molecule has 0 spiro atoms. The standard InChI is InChI=1S/C11H10ClFN2O2/c1-6(13)10(16)15-7-3-4-9(12)8(5-7)11(17)14-2/h3-5H,1H2,2H3,(H,14,17)(H,15,16). The van der Waals surface area contributed by atoms with Crippen molar-refractivity contribution in [1.29, 1.82) is 0 Å². The van der Waals surface area contributed by atoms with Gasteiger partial charge in [0.1, 0.15) is 0 Å². The van der Waals surface area contributed by atoms with Gasteiger partial charge in [0.25, 0.3) is 11.8 Å². The van der Waals surface area contributed by atoms with E-state index in [1.165, 1.54) is 25.2 Å². The van der Waals surface area contributed by atoms with Crippen LogP contribution in [0.5, 0.6) is 0 Å². The van der Waals surface area contributed by atoms with Crippen molar-refractivity contribution in [3.05, 3.63) is 41.2 Å². The summed E-state index contributed by atoms with van der Waals surface area (Å²) in [6.07, 6.45) is 0. The second kappa shape index (κ2) is 5.45. The zero-order valence-corrected chi connectivity index (χ0v) is 9.77. The maximum absolute atomic E-state index is 12.5. The first-order valence-corrected chi connectivity index (χ1v) is 5.01. The Morgan fingerprint density at radius 3 is 2.59 bits per heavy atom. The number of hydrogen-bond acceptors (Lipinski definition) is 2. The summed E-state index contributed by atoms with van der Waals surface area (Å²) in [6.45, 7) is 2.86. The van der Waals surface area contributed by atoms with Gasteiger partial charge in [-0.1, -0.05) is 18.2 Å². The van der Waals surface area contributed by atoms with Crippen LogP contribution in [-0.4, -0.2) is 18.9 Å². The van der Waals surface area contributed by atoms with Gasteiger partial charge in [-0.25, -0.2) is 4.39 Å². The molecule has 4 nitrogen and oxygen atoms in total. The van der Waals surface area contributed by atoms with Gasteiger partial charge in [0, 0.05) is 12.7 Å². The number of rotatable bonds is 3. The lowest BCUT2D eigenvalue weighted by Gasteiger charge is -2.07. The minimum atomic E-state index is -1.11. The number of amides is 2. The third-order valence-corrected chi connectivity index (χ3v) is 2.27. The summed E-state index contributed by atoms with van der Waals surface area (Å²) in [7, 11) is 1.45. The second-order valence-electron chi connectivity index (χ2n) is 3.13. The van der Waals surface area contributed by atoms with E-state index in [9.17, 15) is 14.0 Å². The Labute approximate surface area is 102 Å². The average Bonchev–Trinajstić information content (AvgIpc) is 2.30. The van der Waals surface area contributed by atoms with Crippen molar-refractivity contribution in [2.75, 3.05) is 12.4 Å². The molecule has 0 atom stereocenters. The fourth-order valence-corrected chi connectivity index (χ4v) is 1.31. The molecule has 90 valence electrons. The van der Waals surface area contributed by atoms with Crippen molar-refractivity contribution in [3.63, 3.8) is 0 Å². The van der Waals surface area contributed by atoms with E-state index in [2.05, 4.69) is 17.2 Å². The second-order valence-corrected chi connectivity index (χ2v) is 3.54. The van der Waals surface area contributed by atoms with Crippen LogP contribution >= 0.6 is 11.6 Å². The molecule has 1 rings (SSSR count). The van der Waals surface area contributed by atoms with E-state index in [1.54, 1.807) is 0 Å². The third-order valence-electron chi connectivity index (χ3n) is 1.94. The quantitative estimate of drug-likeness (QED) is 0.814.